The number of carbonyl (C=O) groups is 1. The van der Waals surface area contributed by atoms with E-state index in [4.69, 9.17) is 11.1 Å². The zero-order valence-electron chi connectivity index (χ0n) is 13.9. The number of nitrogen functional groups attached to an aromatic ring is 1. The summed E-state index contributed by atoms with van der Waals surface area (Å²) < 4.78 is 0. The van der Waals surface area contributed by atoms with E-state index in [0.29, 0.717) is 17.8 Å². The predicted molar refractivity (Wildman–Crippen MR) is 100.0 cm³/mol. The Kier molecular flexibility index (Phi) is 4.27. The number of amides is 1. The second kappa shape index (κ2) is 6.57. The van der Waals surface area contributed by atoms with Crippen molar-refractivity contribution in [1.29, 1.82) is 5.41 Å². The predicted octanol–water partition coefficient (Wildman–Crippen LogP) is 2.07. The number of piperidine rings is 1. The average molecular weight is 355 g/mol. The largest absolute Gasteiger partial charge is 0.398 e. The van der Waals surface area contributed by atoms with Crippen LogP contribution in [0.4, 0.5) is 5.69 Å². The SMILES string of the molecule is N=C(C(=O)N1CCN2CCC1CC2)c1cc(-c2nccs2)ccc1N. The van der Waals surface area contributed by atoms with Crippen LogP contribution in [0.25, 0.3) is 10.6 Å². The fourth-order valence-electron chi connectivity index (χ4n) is 3.68. The molecule has 0 spiro atoms. The summed E-state index contributed by atoms with van der Waals surface area (Å²) in [7, 11) is 0. The van der Waals surface area contributed by atoms with E-state index in [0.717, 1.165) is 43.0 Å². The van der Waals surface area contributed by atoms with Crippen molar-refractivity contribution in [2.45, 2.75) is 18.9 Å². The van der Waals surface area contributed by atoms with Gasteiger partial charge in [-0.05, 0) is 31.0 Å². The molecule has 3 N–H and O–H groups in total. The number of nitrogens with zero attached hydrogens (tertiary/aromatic N) is 3. The number of hydrogen-bond acceptors (Lipinski definition) is 6. The number of nitrogens with one attached hydrogen (secondary N) is 1. The molecule has 25 heavy (non-hydrogen) atoms. The molecule has 3 fully saturated rings. The second-order valence-electron chi connectivity index (χ2n) is 6.59. The molecule has 130 valence electrons. The molecule has 3 aliphatic heterocycles. The Morgan fingerprint density at radius 2 is 2.04 bits per heavy atom. The molecule has 5 rings (SSSR count). The molecule has 0 saturated carbocycles. The van der Waals surface area contributed by atoms with E-state index < -0.39 is 0 Å². The number of anilines is 1. The van der Waals surface area contributed by atoms with Crippen LogP contribution in [-0.4, -0.2) is 58.6 Å². The maximum absolute atomic E-state index is 13.0. The van der Waals surface area contributed by atoms with Gasteiger partial charge in [-0.15, -0.1) is 11.3 Å². The van der Waals surface area contributed by atoms with Gasteiger partial charge in [0, 0.05) is 60.6 Å². The van der Waals surface area contributed by atoms with E-state index in [9.17, 15) is 4.79 Å². The van der Waals surface area contributed by atoms with Gasteiger partial charge >= 0.3 is 0 Å². The number of benzene rings is 1. The summed E-state index contributed by atoms with van der Waals surface area (Å²) in [6.45, 7) is 3.68. The molecule has 2 aromatic rings. The summed E-state index contributed by atoms with van der Waals surface area (Å²) in [5.74, 6) is -0.211. The number of nitrogens with two attached hydrogens (primary N) is 1. The van der Waals surface area contributed by atoms with E-state index in [-0.39, 0.29) is 17.7 Å². The van der Waals surface area contributed by atoms with E-state index in [1.165, 1.54) is 11.3 Å². The summed E-state index contributed by atoms with van der Waals surface area (Å²) in [5.41, 5.74) is 7.91. The molecule has 1 amide bonds. The van der Waals surface area contributed by atoms with Gasteiger partial charge in [0.05, 0.1) is 0 Å². The Bertz CT molecular complexity index is 796. The topological polar surface area (TPSA) is 86.3 Å². The van der Waals surface area contributed by atoms with Crippen molar-refractivity contribution >= 4 is 28.6 Å². The van der Waals surface area contributed by atoms with Gasteiger partial charge in [-0.1, -0.05) is 0 Å². The van der Waals surface area contributed by atoms with Crippen molar-refractivity contribution in [2.24, 2.45) is 0 Å². The molecule has 2 bridgehead atoms. The first-order valence-electron chi connectivity index (χ1n) is 8.55. The van der Waals surface area contributed by atoms with Gasteiger partial charge in [0.1, 0.15) is 10.7 Å². The van der Waals surface area contributed by atoms with Crippen LogP contribution in [0, 0.1) is 5.41 Å². The van der Waals surface area contributed by atoms with Gasteiger partial charge in [-0.3, -0.25) is 10.2 Å². The number of thiazole rings is 1. The van der Waals surface area contributed by atoms with Gasteiger partial charge in [-0.2, -0.15) is 0 Å². The third-order valence-corrected chi connectivity index (χ3v) is 5.95. The lowest BCUT2D eigenvalue weighted by Gasteiger charge is -2.31. The number of fused-ring (bicyclic) bond motifs is 4. The van der Waals surface area contributed by atoms with Gasteiger partial charge in [0.25, 0.3) is 5.91 Å². The van der Waals surface area contributed by atoms with Crippen molar-refractivity contribution in [1.82, 2.24) is 14.8 Å². The molecule has 0 unspecified atom stereocenters. The molecule has 7 heteroatoms. The Hall–Kier alpha value is -2.25. The minimum absolute atomic E-state index is 0.0174. The van der Waals surface area contributed by atoms with Gasteiger partial charge < -0.3 is 15.5 Å². The first-order chi connectivity index (χ1) is 12.1. The monoisotopic (exact) mass is 355 g/mol. The standard InChI is InChI=1S/C18H21N5OS/c19-15-2-1-12(17-21-5-10-25-17)11-14(15)16(20)18(24)23-9-8-22-6-3-13(23)4-7-22/h1-2,5,10-11,13,20H,3-4,6-9,19H2. The lowest BCUT2D eigenvalue weighted by molar-refractivity contribution is -0.126. The summed E-state index contributed by atoms with van der Waals surface area (Å²) >= 11 is 1.53. The molecular weight excluding hydrogens is 334 g/mol. The quantitative estimate of drug-likeness (QED) is 0.652. The third kappa shape index (κ3) is 3.05. The van der Waals surface area contributed by atoms with E-state index >= 15 is 0 Å². The maximum Gasteiger partial charge on any atom is 0.272 e. The Labute approximate surface area is 150 Å². The van der Waals surface area contributed by atoms with Crippen LogP contribution in [0.15, 0.2) is 29.8 Å². The highest BCUT2D eigenvalue weighted by molar-refractivity contribution is 7.13. The smallest absolute Gasteiger partial charge is 0.272 e. The number of aromatic nitrogens is 1. The first-order valence-corrected chi connectivity index (χ1v) is 9.43. The van der Waals surface area contributed by atoms with Crippen molar-refractivity contribution in [3.05, 3.63) is 35.3 Å². The maximum atomic E-state index is 13.0. The molecule has 6 nitrogen and oxygen atoms in total. The van der Waals surface area contributed by atoms with Gasteiger partial charge in [0.15, 0.2) is 0 Å². The molecule has 3 aliphatic rings. The highest BCUT2D eigenvalue weighted by atomic mass is 32.1. The fourth-order valence-corrected chi connectivity index (χ4v) is 4.32. The lowest BCUT2D eigenvalue weighted by atomic mass is 10.0. The van der Waals surface area contributed by atoms with Crippen LogP contribution < -0.4 is 5.73 Å². The summed E-state index contributed by atoms with van der Waals surface area (Å²) in [5, 5.41) is 11.3. The van der Waals surface area contributed by atoms with E-state index in [1.807, 2.05) is 22.4 Å². The van der Waals surface area contributed by atoms with Crippen LogP contribution in [0.5, 0.6) is 0 Å². The second-order valence-corrected chi connectivity index (χ2v) is 7.48. The van der Waals surface area contributed by atoms with E-state index in [1.54, 1.807) is 12.3 Å². The zero-order valence-corrected chi connectivity index (χ0v) is 14.8. The van der Waals surface area contributed by atoms with Crippen molar-refractivity contribution in [3.8, 4) is 10.6 Å². The Morgan fingerprint density at radius 3 is 2.76 bits per heavy atom. The molecule has 3 saturated heterocycles. The number of carbonyl (C=O) groups excluding carboxylic acids is 1. The molecular formula is C18H21N5OS. The normalized spacial score (nSPS) is 22.6. The summed E-state index contributed by atoms with van der Waals surface area (Å²) in [6.07, 6.45) is 3.73. The molecule has 1 aromatic heterocycles. The average Bonchev–Trinajstić information content (AvgIpc) is 3.01. The van der Waals surface area contributed by atoms with Crippen LogP contribution in [0.2, 0.25) is 0 Å². The molecule has 1 aromatic carbocycles. The van der Waals surface area contributed by atoms with Gasteiger partial charge in [-0.25, -0.2) is 4.98 Å². The fraction of sp³-hybridized carbons (Fsp3) is 0.389. The Balaban J connectivity index is 1.62. The van der Waals surface area contributed by atoms with E-state index in [2.05, 4.69) is 9.88 Å². The molecule has 0 atom stereocenters. The molecule has 0 aliphatic carbocycles. The summed E-state index contributed by atoms with van der Waals surface area (Å²) in [6, 6.07) is 5.70. The summed E-state index contributed by atoms with van der Waals surface area (Å²) in [4.78, 5) is 21.6. The highest BCUT2D eigenvalue weighted by Gasteiger charge is 2.34. The van der Waals surface area contributed by atoms with Crippen LogP contribution >= 0.6 is 11.3 Å². The lowest BCUT2D eigenvalue weighted by Crippen LogP contribution is -2.44. The third-order valence-electron chi connectivity index (χ3n) is 5.13. The highest BCUT2D eigenvalue weighted by Crippen LogP contribution is 2.27. The van der Waals surface area contributed by atoms with Crippen molar-refractivity contribution in [3.63, 3.8) is 0 Å². The first kappa shape index (κ1) is 16.2. The molecule has 0 radical (unpaired) electrons. The minimum Gasteiger partial charge on any atom is -0.398 e. The van der Waals surface area contributed by atoms with Crippen LogP contribution in [0.3, 0.4) is 0 Å². The van der Waals surface area contributed by atoms with Gasteiger partial charge in [0.2, 0.25) is 0 Å². The van der Waals surface area contributed by atoms with Crippen molar-refractivity contribution in [2.75, 3.05) is 31.9 Å². The van der Waals surface area contributed by atoms with Crippen LogP contribution in [-0.2, 0) is 4.79 Å². The van der Waals surface area contributed by atoms with Crippen LogP contribution in [0.1, 0.15) is 18.4 Å². The molecule has 4 heterocycles. The minimum atomic E-state index is -0.211. The van der Waals surface area contributed by atoms with Crippen molar-refractivity contribution < 1.29 is 4.79 Å². The Morgan fingerprint density at radius 1 is 1.24 bits per heavy atom. The number of hydrogen-bond donors (Lipinski definition) is 2. The zero-order chi connectivity index (χ0) is 17.4. The number of rotatable bonds is 3.